The van der Waals surface area contributed by atoms with Crippen molar-refractivity contribution < 1.29 is 14.7 Å². The first kappa shape index (κ1) is 19.5. The number of rotatable bonds is 3. The molecule has 0 bridgehead atoms. The predicted octanol–water partition coefficient (Wildman–Crippen LogP) is 2.34. The number of aromatic hydroxyl groups is 1. The van der Waals surface area contributed by atoms with Crippen molar-refractivity contribution >= 4 is 17.6 Å². The topological polar surface area (TPSA) is 127 Å². The maximum Gasteiger partial charge on any atom is 0.290 e. The zero-order chi connectivity index (χ0) is 21.7. The van der Waals surface area contributed by atoms with Crippen LogP contribution >= 0.6 is 0 Å². The number of fused-ring (bicyclic) bond motifs is 1. The van der Waals surface area contributed by atoms with Crippen molar-refractivity contribution in [1.29, 1.82) is 0 Å². The van der Waals surface area contributed by atoms with Gasteiger partial charge >= 0.3 is 0 Å². The Kier molecular flexibility index (Phi) is 4.49. The van der Waals surface area contributed by atoms with Gasteiger partial charge in [0.1, 0.15) is 11.6 Å². The summed E-state index contributed by atoms with van der Waals surface area (Å²) in [5.74, 6) is -1.19. The summed E-state index contributed by atoms with van der Waals surface area (Å²) in [6.07, 6.45) is 0. The Bertz CT molecular complexity index is 1210. The van der Waals surface area contributed by atoms with E-state index in [1.165, 1.54) is 4.57 Å². The Morgan fingerprint density at radius 1 is 1.07 bits per heavy atom. The number of hydrogen-bond acceptors (Lipinski definition) is 5. The van der Waals surface area contributed by atoms with Gasteiger partial charge in [-0.2, -0.15) is 0 Å². The second kappa shape index (κ2) is 6.91. The van der Waals surface area contributed by atoms with Crippen LogP contribution in [-0.2, 0) is 13.1 Å². The van der Waals surface area contributed by atoms with Crippen LogP contribution in [0.4, 0.5) is 5.82 Å². The summed E-state index contributed by atoms with van der Waals surface area (Å²) in [5, 5.41) is 10.2. The van der Waals surface area contributed by atoms with Gasteiger partial charge in [-0.05, 0) is 43.5 Å². The van der Waals surface area contributed by atoms with E-state index in [4.69, 9.17) is 11.5 Å². The highest BCUT2D eigenvalue weighted by Gasteiger charge is 2.32. The molecule has 0 aliphatic carbocycles. The number of primary amides is 1. The Morgan fingerprint density at radius 3 is 2.47 bits per heavy atom. The molecule has 1 aliphatic rings. The number of nitrogens with zero attached hydrogens (tertiary/aromatic N) is 3. The van der Waals surface area contributed by atoms with Crippen LogP contribution in [0.2, 0.25) is 0 Å². The molecule has 30 heavy (non-hydrogen) atoms. The summed E-state index contributed by atoms with van der Waals surface area (Å²) in [5.41, 5.74) is 16.5. The molecule has 0 radical (unpaired) electrons. The van der Waals surface area contributed by atoms with Crippen molar-refractivity contribution in [3.8, 4) is 11.4 Å². The molecule has 4 rings (SSSR count). The number of anilines is 1. The quantitative estimate of drug-likeness (QED) is 0.616. The number of hydrogen-bond donors (Lipinski definition) is 3. The Balaban J connectivity index is 1.85. The number of imidazole rings is 1. The third-order valence-corrected chi connectivity index (χ3v) is 5.54. The van der Waals surface area contributed by atoms with Gasteiger partial charge in [0, 0.05) is 18.7 Å². The number of aromatic nitrogens is 2. The molecule has 3 aromatic rings. The first-order valence-electron chi connectivity index (χ1n) is 9.54. The average molecular weight is 405 g/mol. The molecule has 8 nitrogen and oxygen atoms in total. The predicted molar refractivity (Wildman–Crippen MR) is 112 cm³/mol. The first-order chi connectivity index (χ1) is 14.2. The smallest absolute Gasteiger partial charge is 0.290 e. The molecule has 1 aromatic heterocycles. The van der Waals surface area contributed by atoms with E-state index in [9.17, 15) is 14.7 Å². The number of carbonyl (C=O) groups is 2. The van der Waals surface area contributed by atoms with E-state index in [0.29, 0.717) is 24.3 Å². The molecule has 5 N–H and O–H groups in total. The summed E-state index contributed by atoms with van der Waals surface area (Å²) in [4.78, 5) is 31.2. The summed E-state index contributed by atoms with van der Waals surface area (Å²) >= 11 is 0. The van der Waals surface area contributed by atoms with E-state index in [-0.39, 0.29) is 29.0 Å². The fraction of sp³-hybridized carbons (Fsp3) is 0.227. The minimum Gasteiger partial charge on any atom is -0.508 e. The van der Waals surface area contributed by atoms with Crippen LogP contribution in [0.3, 0.4) is 0 Å². The largest absolute Gasteiger partial charge is 0.508 e. The number of aryl methyl sites for hydroxylation is 2. The monoisotopic (exact) mass is 405 g/mol. The van der Waals surface area contributed by atoms with Gasteiger partial charge in [-0.1, -0.05) is 29.8 Å². The fourth-order valence-corrected chi connectivity index (χ4v) is 3.96. The minimum atomic E-state index is -0.823. The Hall–Kier alpha value is -3.81. The van der Waals surface area contributed by atoms with Crippen LogP contribution in [-0.4, -0.2) is 31.4 Å². The molecule has 2 aromatic carbocycles. The van der Waals surface area contributed by atoms with Gasteiger partial charge in [0.25, 0.3) is 11.8 Å². The maximum atomic E-state index is 13.5. The number of nitrogens with two attached hydrogens (primary N) is 2. The van der Waals surface area contributed by atoms with Crippen molar-refractivity contribution in [2.45, 2.75) is 33.9 Å². The zero-order valence-electron chi connectivity index (χ0n) is 17.1. The third kappa shape index (κ3) is 2.97. The molecule has 0 spiro atoms. The maximum absolute atomic E-state index is 13.5. The molecule has 2 amide bonds. The van der Waals surface area contributed by atoms with E-state index in [0.717, 1.165) is 22.3 Å². The number of nitrogen functional groups attached to an aromatic ring is 1. The van der Waals surface area contributed by atoms with E-state index in [1.807, 2.05) is 26.0 Å². The first-order valence-corrected chi connectivity index (χ1v) is 9.54. The molecule has 0 fully saturated rings. The van der Waals surface area contributed by atoms with Crippen molar-refractivity contribution in [3.05, 3.63) is 69.7 Å². The molecular formula is C22H23N5O3. The van der Waals surface area contributed by atoms with Crippen molar-refractivity contribution in [1.82, 2.24) is 14.5 Å². The molecule has 154 valence electrons. The van der Waals surface area contributed by atoms with Crippen molar-refractivity contribution in [3.63, 3.8) is 0 Å². The van der Waals surface area contributed by atoms with Gasteiger partial charge in [0.2, 0.25) is 5.82 Å². The number of phenols is 1. The van der Waals surface area contributed by atoms with Crippen molar-refractivity contribution in [2.24, 2.45) is 5.73 Å². The molecule has 1 aliphatic heterocycles. The lowest BCUT2D eigenvalue weighted by atomic mass is 10.1. The van der Waals surface area contributed by atoms with E-state index in [2.05, 4.69) is 11.1 Å². The van der Waals surface area contributed by atoms with Gasteiger partial charge < -0.3 is 21.5 Å². The molecular weight excluding hydrogens is 382 g/mol. The Labute approximate surface area is 173 Å². The molecule has 0 atom stereocenters. The van der Waals surface area contributed by atoms with Crippen LogP contribution in [0, 0.1) is 20.8 Å². The Morgan fingerprint density at radius 2 is 1.77 bits per heavy atom. The van der Waals surface area contributed by atoms with Crippen LogP contribution in [0.25, 0.3) is 5.69 Å². The van der Waals surface area contributed by atoms with Crippen molar-refractivity contribution in [2.75, 3.05) is 5.73 Å². The molecule has 2 heterocycles. The van der Waals surface area contributed by atoms with Gasteiger partial charge in [-0.15, -0.1) is 0 Å². The highest BCUT2D eigenvalue weighted by atomic mass is 16.3. The second-order valence-corrected chi connectivity index (χ2v) is 7.68. The summed E-state index contributed by atoms with van der Waals surface area (Å²) in [6.45, 7) is 6.42. The third-order valence-electron chi connectivity index (χ3n) is 5.54. The lowest BCUT2D eigenvalue weighted by molar-refractivity contribution is 0.0737. The molecule has 8 heteroatoms. The van der Waals surface area contributed by atoms with E-state index >= 15 is 0 Å². The summed E-state index contributed by atoms with van der Waals surface area (Å²) in [6, 6.07) is 9.36. The number of phenolic OH excluding ortho intramolecular Hbond substituents is 1. The molecule has 0 saturated carbocycles. The van der Waals surface area contributed by atoms with Gasteiger partial charge in [-0.25, -0.2) is 4.98 Å². The van der Waals surface area contributed by atoms with Crippen LogP contribution in [0.1, 0.15) is 48.9 Å². The van der Waals surface area contributed by atoms with Gasteiger partial charge in [0.15, 0.2) is 5.69 Å². The summed E-state index contributed by atoms with van der Waals surface area (Å²) in [7, 11) is 0. The zero-order valence-corrected chi connectivity index (χ0v) is 17.1. The fourth-order valence-electron chi connectivity index (χ4n) is 3.96. The van der Waals surface area contributed by atoms with Gasteiger partial charge in [-0.3, -0.25) is 14.2 Å². The van der Waals surface area contributed by atoms with Crippen LogP contribution in [0.15, 0.2) is 30.3 Å². The lowest BCUT2D eigenvalue weighted by Gasteiger charge is -2.19. The number of amides is 2. The SMILES string of the molecule is Cc1ccc2c(c1)CN(C(=O)c1nc(C(N)=O)c(N)n1-c1c(C)ccc(O)c1C)C2. The number of carbonyl (C=O) groups excluding carboxylic acids is 2. The van der Waals surface area contributed by atoms with Crippen LogP contribution in [0.5, 0.6) is 5.75 Å². The normalized spacial score (nSPS) is 12.8. The minimum absolute atomic E-state index is 0.0115. The summed E-state index contributed by atoms with van der Waals surface area (Å²) < 4.78 is 1.42. The highest BCUT2D eigenvalue weighted by molar-refractivity contribution is 6.00. The molecule has 0 saturated heterocycles. The lowest BCUT2D eigenvalue weighted by Crippen LogP contribution is -2.28. The number of benzene rings is 2. The average Bonchev–Trinajstić information content (AvgIpc) is 3.26. The highest BCUT2D eigenvalue weighted by Crippen LogP contribution is 2.32. The molecule has 0 unspecified atom stereocenters. The van der Waals surface area contributed by atoms with E-state index in [1.54, 1.807) is 24.0 Å². The van der Waals surface area contributed by atoms with E-state index < -0.39 is 5.91 Å². The van der Waals surface area contributed by atoms with Gasteiger partial charge in [0.05, 0.1) is 5.69 Å². The second-order valence-electron chi connectivity index (χ2n) is 7.68. The standard InChI is InChI=1S/C22H23N5O3/c1-11-4-6-14-9-26(10-15(14)8-11)22(30)21-25-17(20(24)29)19(23)27(21)18-12(2)5-7-16(28)13(18)3/h4-8,28H,9-10,23H2,1-3H3,(H2,24,29). The van der Waals surface area contributed by atoms with Crippen LogP contribution < -0.4 is 11.5 Å².